The number of amides is 1. The number of hydrogen-bond acceptors (Lipinski definition) is 5. The Morgan fingerprint density at radius 3 is 2.61 bits per heavy atom. The molecular formula is C25H25FN6O. The topological polar surface area (TPSA) is 74.6 Å². The summed E-state index contributed by atoms with van der Waals surface area (Å²) < 4.78 is 15.3. The van der Waals surface area contributed by atoms with Crippen LogP contribution in [0.2, 0.25) is 0 Å². The van der Waals surface area contributed by atoms with Gasteiger partial charge in [-0.1, -0.05) is 18.6 Å². The lowest BCUT2D eigenvalue weighted by Gasteiger charge is -2.26. The molecule has 0 bridgehead atoms. The van der Waals surface area contributed by atoms with E-state index in [1.807, 2.05) is 30.3 Å². The second-order valence-electron chi connectivity index (χ2n) is 8.18. The van der Waals surface area contributed by atoms with E-state index in [0.717, 1.165) is 29.9 Å². The van der Waals surface area contributed by atoms with Crippen molar-refractivity contribution < 1.29 is 9.18 Å². The Balaban J connectivity index is 1.28. The Labute approximate surface area is 191 Å². The van der Waals surface area contributed by atoms with Gasteiger partial charge in [0.05, 0.1) is 6.67 Å². The molecule has 168 valence electrons. The Kier molecular flexibility index (Phi) is 5.99. The van der Waals surface area contributed by atoms with Crippen molar-refractivity contribution in [2.75, 3.05) is 25.1 Å². The molecule has 0 aliphatic carbocycles. The van der Waals surface area contributed by atoms with Crippen LogP contribution in [-0.4, -0.2) is 45.2 Å². The highest BCUT2D eigenvalue weighted by Gasteiger charge is 2.13. The van der Waals surface area contributed by atoms with Crippen LogP contribution in [0.3, 0.4) is 0 Å². The summed E-state index contributed by atoms with van der Waals surface area (Å²) in [5, 5.41) is 10.6. The molecule has 0 radical (unpaired) electrons. The van der Waals surface area contributed by atoms with Crippen molar-refractivity contribution in [2.45, 2.75) is 19.3 Å². The molecule has 0 unspecified atom stereocenters. The van der Waals surface area contributed by atoms with Gasteiger partial charge in [-0.25, -0.2) is 8.91 Å². The normalized spacial score (nSPS) is 14.3. The summed E-state index contributed by atoms with van der Waals surface area (Å²) in [6.45, 7) is 2.66. The van der Waals surface area contributed by atoms with Gasteiger partial charge in [0.2, 0.25) is 5.95 Å². The SMILES string of the molecule is O=C(NCN1CCCCC1)c1ccc(Nc2nc3c(-c4cccc(F)c4)cccn3n2)cc1. The van der Waals surface area contributed by atoms with Crippen LogP contribution in [0.25, 0.3) is 16.8 Å². The molecule has 5 rings (SSSR count). The lowest BCUT2D eigenvalue weighted by Crippen LogP contribution is -2.40. The van der Waals surface area contributed by atoms with Crippen LogP contribution in [0.4, 0.5) is 16.0 Å². The van der Waals surface area contributed by atoms with Gasteiger partial charge in [0.15, 0.2) is 5.65 Å². The number of nitrogens with one attached hydrogen (secondary N) is 2. The van der Waals surface area contributed by atoms with E-state index in [1.165, 1.54) is 31.4 Å². The first-order valence-corrected chi connectivity index (χ1v) is 11.1. The molecule has 2 aromatic carbocycles. The lowest BCUT2D eigenvalue weighted by molar-refractivity contribution is 0.0914. The average Bonchev–Trinajstić information content (AvgIpc) is 3.26. The van der Waals surface area contributed by atoms with Crippen LogP contribution in [-0.2, 0) is 0 Å². The average molecular weight is 445 g/mol. The first-order valence-electron chi connectivity index (χ1n) is 11.1. The fourth-order valence-corrected chi connectivity index (χ4v) is 4.08. The monoisotopic (exact) mass is 444 g/mol. The maximum absolute atomic E-state index is 13.7. The van der Waals surface area contributed by atoms with Gasteiger partial charge in [-0.3, -0.25) is 9.69 Å². The van der Waals surface area contributed by atoms with Crippen LogP contribution < -0.4 is 10.6 Å². The highest BCUT2D eigenvalue weighted by Crippen LogP contribution is 2.25. The van der Waals surface area contributed by atoms with Crippen molar-refractivity contribution in [1.29, 1.82) is 0 Å². The van der Waals surface area contributed by atoms with Gasteiger partial charge in [-0.05, 0) is 80.0 Å². The number of halogens is 1. The Hall–Kier alpha value is -3.78. The summed E-state index contributed by atoms with van der Waals surface area (Å²) in [5.74, 6) is 0.0336. The van der Waals surface area contributed by atoms with Crippen molar-refractivity contribution in [3.63, 3.8) is 0 Å². The number of aromatic nitrogens is 3. The van der Waals surface area contributed by atoms with Gasteiger partial charge in [0, 0.05) is 23.0 Å². The first-order chi connectivity index (χ1) is 16.2. The molecule has 1 amide bonds. The summed E-state index contributed by atoms with van der Waals surface area (Å²) in [6, 6.07) is 17.4. The number of piperidine rings is 1. The lowest BCUT2D eigenvalue weighted by atomic mass is 10.1. The molecule has 8 heteroatoms. The zero-order valence-electron chi connectivity index (χ0n) is 18.2. The van der Waals surface area contributed by atoms with E-state index in [-0.39, 0.29) is 11.7 Å². The number of hydrogen-bond donors (Lipinski definition) is 2. The fraction of sp³-hybridized carbons (Fsp3) is 0.240. The minimum absolute atomic E-state index is 0.0855. The third-order valence-corrected chi connectivity index (χ3v) is 5.81. The fourth-order valence-electron chi connectivity index (χ4n) is 4.08. The van der Waals surface area contributed by atoms with Gasteiger partial charge < -0.3 is 10.6 Å². The Morgan fingerprint density at radius 1 is 1.00 bits per heavy atom. The molecule has 1 saturated heterocycles. The number of likely N-dealkylation sites (tertiary alicyclic amines) is 1. The summed E-state index contributed by atoms with van der Waals surface area (Å²) in [5.41, 5.74) is 3.52. The highest BCUT2D eigenvalue weighted by atomic mass is 19.1. The zero-order chi connectivity index (χ0) is 22.6. The maximum atomic E-state index is 13.7. The largest absolute Gasteiger partial charge is 0.339 e. The predicted octanol–water partition coefficient (Wildman–Crippen LogP) is 4.45. The van der Waals surface area contributed by atoms with Crippen molar-refractivity contribution in [1.82, 2.24) is 24.8 Å². The van der Waals surface area contributed by atoms with E-state index in [0.29, 0.717) is 23.8 Å². The van der Waals surface area contributed by atoms with E-state index in [4.69, 9.17) is 0 Å². The molecule has 0 spiro atoms. The Morgan fingerprint density at radius 2 is 1.82 bits per heavy atom. The minimum atomic E-state index is -0.299. The zero-order valence-corrected chi connectivity index (χ0v) is 18.2. The van der Waals surface area contributed by atoms with Gasteiger partial charge in [0.25, 0.3) is 5.91 Å². The van der Waals surface area contributed by atoms with Crippen molar-refractivity contribution in [3.8, 4) is 11.1 Å². The quantitative estimate of drug-likeness (QED) is 0.460. The molecule has 1 aliphatic rings. The van der Waals surface area contributed by atoms with Crippen LogP contribution in [0.1, 0.15) is 29.6 Å². The molecule has 0 saturated carbocycles. The predicted molar refractivity (Wildman–Crippen MR) is 126 cm³/mol. The van der Waals surface area contributed by atoms with Gasteiger partial charge in [0.1, 0.15) is 5.82 Å². The van der Waals surface area contributed by atoms with Crippen molar-refractivity contribution in [2.24, 2.45) is 0 Å². The number of pyridine rings is 1. The number of nitrogens with zero attached hydrogens (tertiary/aromatic N) is 4. The van der Waals surface area contributed by atoms with Gasteiger partial charge in [-0.2, -0.15) is 4.98 Å². The molecule has 1 fully saturated rings. The molecule has 33 heavy (non-hydrogen) atoms. The molecule has 2 aromatic heterocycles. The third kappa shape index (κ3) is 4.85. The van der Waals surface area contributed by atoms with Gasteiger partial charge in [-0.15, -0.1) is 5.10 Å². The number of benzene rings is 2. The summed E-state index contributed by atoms with van der Waals surface area (Å²) in [6.07, 6.45) is 5.45. The maximum Gasteiger partial charge on any atom is 0.252 e. The smallest absolute Gasteiger partial charge is 0.252 e. The molecule has 1 aliphatic heterocycles. The highest BCUT2D eigenvalue weighted by molar-refractivity contribution is 5.94. The number of carbonyl (C=O) groups is 1. The molecule has 2 N–H and O–H groups in total. The molecule has 4 aromatic rings. The van der Waals surface area contributed by atoms with Crippen LogP contribution in [0.15, 0.2) is 66.9 Å². The number of carbonyl (C=O) groups excluding carboxylic acids is 1. The van der Waals surface area contributed by atoms with E-state index in [1.54, 1.807) is 28.9 Å². The van der Waals surface area contributed by atoms with Crippen molar-refractivity contribution >= 4 is 23.2 Å². The molecular weight excluding hydrogens is 419 g/mol. The molecule has 3 heterocycles. The molecule has 7 nitrogen and oxygen atoms in total. The number of rotatable bonds is 6. The van der Waals surface area contributed by atoms with Crippen LogP contribution >= 0.6 is 0 Å². The minimum Gasteiger partial charge on any atom is -0.339 e. The van der Waals surface area contributed by atoms with E-state index < -0.39 is 0 Å². The summed E-state index contributed by atoms with van der Waals surface area (Å²) in [4.78, 5) is 19.3. The van der Waals surface area contributed by atoms with E-state index in [9.17, 15) is 9.18 Å². The van der Waals surface area contributed by atoms with Crippen LogP contribution in [0, 0.1) is 5.82 Å². The standard InChI is InChI=1S/C25H25FN6O/c26-20-7-4-6-19(16-20)22-8-5-15-32-23(22)29-25(30-32)28-21-11-9-18(10-12-21)24(33)27-17-31-13-2-1-3-14-31/h4-12,15-16H,1-3,13-14,17H2,(H,27,33)(H,28,30). The number of fused-ring (bicyclic) bond motifs is 1. The van der Waals surface area contributed by atoms with E-state index >= 15 is 0 Å². The second-order valence-corrected chi connectivity index (χ2v) is 8.18. The van der Waals surface area contributed by atoms with Gasteiger partial charge >= 0.3 is 0 Å². The molecule has 0 atom stereocenters. The summed E-state index contributed by atoms with van der Waals surface area (Å²) in [7, 11) is 0. The number of anilines is 2. The van der Waals surface area contributed by atoms with Crippen LogP contribution in [0.5, 0.6) is 0 Å². The first kappa shape index (κ1) is 21.1. The third-order valence-electron chi connectivity index (χ3n) is 5.81. The summed E-state index contributed by atoms with van der Waals surface area (Å²) >= 11 is 0. The second kappa shape index (κ2) is 9.38. The van der Waals surface area contributed by atoms with E-state index in [2.05, 4.69) is 25.6 Å². The Bertz CT molecular complexity index is 1260. The van der Waals surface area contributed by atoms with Crippen molar-refractivity contribution in [3.05, 3.63) is 78.2 Å².